The molecule has 1 rings (SSSR count). The summed E-state index contributed by atoms with van der Waals surface area (Å²) < 4.78 is 1.65. The molecule has 1 aromatic heterocycles. The molecule has 1 aromatic rings. The average molecular weight is 154 g/mol. The predicted octanol–water partition coefficient (Wildman–Crippen LogP) is -0.0965. The zero-order valence-electron chi connectivity index (χ0n) is 6.53. The van der Waals surface area contributed by atoms with E-state index in [1.54, 1.807) is 18.5 Å². The highest BCUT2D eigenvalue weighted by Crippen LogP contribution is 2.01. The number of aryl methyl sites for hydroxylation is 1. The fourth-order valence-electron chi connectivity index (χ4n) is 0.842. The minimum Gasteiger partial charge on any atom is -0.388 e. The standard InChI is InChI=1S/C7H10N2O2/c1-5-8-3-6(9(5)2)7(11)4-10/h3,10H,4H2,1-2H3. The van der Waals surface area contributed by atoms with Crippen molar-refractivity contribution in [3.8, 4) is 0 Å². The van der Waals surface area contributed by atoms with Crippen molar-refractivity contribution in [1.29, 1.82) is 0 Å². The minimum absolute atomic E-state index is 0.298. The molecule has 60 valence electrons. The van der Waals surface area contributed by atoms with Crippen LogP contribution in [0.4, 0.5) is 0 Å². The lowest BCUT2D eigenvalue weighted by Gasteiger charge is -1.98. The van der Waals surface area contributed by atoms with E-state index in [-0.39, 0.29) is 5.78 Å². The first-order valence-electron chi connectivity index (χ1n) is 3.29. The number of hydrogen-bond acceptors (Lipinski definition) is 3. The van der Waals surface area contributed by atoms with Crippen LogP contribution in [0, 0.1) is 6.92 Å². The second-order valence-corrected chi connectivity index (χ2v) is 2.33. The summed E-state index contributed by atoms with van der Waals surface area (Å²) in [7, 11) is 1.74. The Morgan fingerprint density at radius 1 is 1.82 bits per heavy atom. The monoisotopic (exact) mass is 154 g/mol. The number of hydrogen-bond donors (Lipinski definition) is 1. The maximum atomic E-state index is 10.9. The largest absolute Gasteiger partial charge is 0.388 e. The lowest BCUT2D eigenvalue weighted by Crippen LogP contribution is -2.10. The van der Waals surface area contributed by atoms with Gasteiger partial charge in [0, 0.05) is 7.05 Å². The molecule has 4 nitrogen and oxygen atoms in total. The molecule has 4 heteroatoms. The molecule has 0 saturated heterocycles. The molecule has 0 aliphatic rings. The third-order valence-corrected chi connectivity index (χ3v) is 1.65. The molecular formula is C7H10N2O2. The topological polar surface area (TPSA) is 55.1 Å². The van der Waals surface area contributed by atoms with Crippen LogP contribution in [0.25, 0.3) is 0 Å². The van der Waals surface area contributed by atoms with E-state index < -0.39 is 6.61 Å². The van der Waals surface area contributed by atoms with E-state index >= 15 is 0 Å². The van der Waals surface area contributed by atoms with Crippen molar-refractivity contribution in [3.05, 3.63) is 17.7 Å². The van der Waals surface area contributed by atoms with Gasteiger partial charge >= 0.3 is 0 Å². The molecule has 1 heterocycles. The molecule has 0 unspecified atom stereocenters. The fraction of sp³-hybridized carbons (Fsp3) is 0.429. The maximum Gasteiger partial charge on any atom is 0.206 e. The first kappa shape index (κ1) is 7.94. The molecule has 0 saturated carbocycles. The van der Waals surface area contributed by atoms with Crippen molar-refractivity contribution >= 4 is 5.78 Å². The van der Waals surface area contributed by atoms with Crippen molar-refractivity contribution in [2.75, 3.05) is 6.61 Å². The van der Waals surface area contributed by atoms with Gasteiger partial charge in [-0.3, -0.25) is 4.79 Å². The van der Waals surface area contributed by atoms with E-state index in [4.69, 9.17) is 5.11 Å². The van der Waals surface area contributed by atoms with Crippen LogP contribution in [-0.4, -0.2) is 27.0 Å². The Labute approximate surface area is 64.5 Å². The number of aliphatic hydroxyl groups excluding tert-OH is 1. The number of carbonyl (C=O) groups is 1. The maximum absolute atomic E-state index is 10.9. The lowest BCUT2D eigenvalue weighted by molar-refractivity contribution is 0.0895. The zero-order valence-corrected chi connectivity index (χ0v) is 6.53. The molecule has 0 aliphatic heterocycles. The van der Waals surface area contributed by atoms with Gasteiger partial charge in [-0.1, -0.05) is 0 Å². The fourth-order valence-corrected chi connectivity index (χ4v) is 0.842. The van der Waals surface area contributed by atoms with Gasteiger partial charge in [0.2, 0.25) is 5.78 Å². The number of nitrogens with zero attached hydrogens (tertiary/aromatic N) is 2. The van der Waals surface area contributed by atoms with Crippen LogP contribution < -0.4 is 0 Å². The minimum atomic E-state index is -0.459. The molecular weight excluding hydrogens is 144 g/mol. The number of aliphatic hydroxyl groups is 1. The van der Waals surface area contributed by atoms with Crippen LogP contribution in [0.1, 0.15) is 16.3 Å². The molecule has 0 aliphatic carbocycles. The van der Waals surface area contributed by atoms with Crippen LogP contribution in [0.15, 0.2) is 6.20 Å². The summed E-state index contributed by atoms with van der Waals surface area (Å²) in [5, 5.41) is 8.53. The smallest absolute Gasteiger partial charge is 0.206 e. The Kier molecular flexibility index (Phi) is 2.05. The zero-order chi connectivity index (χ0) is 8.43. The van der Waals surface area contributed by atoms with Crippen LogP contribution in [0.2, 0.25) is 0 Å². The average Bonchev–Trinajstić information content (AvgIpc) is 2.32. The van der Waals surface area contributed by atoms with E-state index in [0.29, 0.717) is 5.69 Å². The summed E-state index contributed by atoms with van der Waals surface area (Å²) >= 11 is 0. The SMILES string of the molecule is Cc1ncc(C(=O)CO)n1C. The summed E-state index contributed by atoms with van der Waals surface area (Å²) in [5.74, 6) is 0.468. The van der Waals surface area contributed by atoms with Crippen LogP contribution in [0.3, 0.4) is 0 Å². The van der Waals surface area contributed by atoms with Crippen LogP contribution in [-0.2, 0) is 7.05 Å². The van der Waals surface area contributed by atoms with E-state index in [2.05, 4.69) is 4.98 Å². The normalized spacial score (nSPS) is 10.1. The number of aromatic nitrogens is 2. The Hall–Kier alpha value is -1.16. The van der Waals surface area contributed by atoms with Crippen molar-refractivity contribution in [3.63, 3.8) is 0 Å². The number of carbonyl (C=O) groups excluding carboxylic acids is 1. The first-order chi connectivity index (χ1) is 5.16. The Morgan fingerprint density at radius 2 is 2.45 bits per heavy atom. The van der Waals surface area contributed by atoms with Gasteiger partial charge in [-0.2, -0.15) is 0 Å². The second kappa shape index (κ2) is 2.84. The third kappa shape index (κ3) is 1.30. The Bertz CT molecular complexity index is 278. The van der Waals surface area contributed by atoms with E-state index in [1.807, 2.05) is 0 Å². The molecule has 0 bridgehead atoms. The van der Waals surface area contributed by atoms with Crippen molar-refractivity contribution in [2.45, 2.75) is 6.92 Å². The highest BCUT2D eigenvalue weighted by molar-refractivity contribution is 5.95. The van der Waals surface area contributed by atoms with Gasteiger partial charge < -0.3 is 9.67 Å². The van der Waals surface area contributed by atoms with Gasteiger partial charge in [0.15, 0.2) is 0 Å². The van der Waals surface area contributed by atoms with Gasteiger partial charge in [-0.25, -0.2) is 4.98 Å². The highest BCUT2D eigenvalue weighted by atomic mass is 16.3. The van der Waals surface area contributed by atoms with Crippen molar-refractivity contribution in [2.24, 2.45) is 7.05 Å². The second-order valence-electron chi connectivity index (χ2n) is 2.33. The highest BCUT2D eigenvalue weighted by Gasteiger charge is 2.09. The molecule has 0 aromatic carbocycles. The van der Waals surface area contributed by atoms with E-state index in [9.17, 15) is 4.79 Å². The summed E-state index contributed by atoms with van der Waals surface area (Å²) in [4.78, 5) is 14.9. The summed E-state index contributed by atoms with van der Waals surface area (Å²) in [6.45, 7) is 1.34. The quantitative estimate of drug-likeness (QED) is 0.605. The third-order valence-electron chi connectivity index (χ3n) is 1.65. The molecule has 0 spiro atoms. The molecule has 0 amide bonds. The van der Waals surface area contributed by atoms with Crippen molar-refractivity contribution in [1.82, 2.24) is 9.55 Å². The summed E-state index contributed by atoms with van der Waals surface area (Å²) in [6.07, 6.45) is 1.47. The van der Waals surface area contributed by atoms with Crippen LogP contribution in [0.5, 0.6) is 0 Å². The number of imidazole rings is 1. The van der Waals surface area contributed by atoms with E-state index in [0.717, 1.165) is 5.82 Å². The van der Waals surface area contributed by atoms with Gasteiger partial charge in [0.25, 0.3) is 0 Å². The Balaban J connectivity index is 3.04. The molecule has 0 atom stereocenters. The summed E-state index contributed by atoms with van der Waals surface area (Å²) in [5.41, 5.74) is 0.449. The molecule has 1 N–H and O–H groups in total. The number of ketones is 1. The van der Waals surface area contributed by atoms with E-state index in [1.165, 1.54) is 6.20 Å². The molecule has 0 radical (unpaired) electrons. The Morgan fingerprint density at radius 3 is 2.82 bits per heavy atom. The number of rotatable bonds is 2. The summed E-state index contributed by atoms with van der Waals surface area (Å²) in [6, 6.07) is 0. The van der Waals surface area contributed by atoms with Crippen LogP contribution >= 0.6 is 0 Å². The molecule has 11 heavy (non-hydrogen) atoms. The predicted molar refractivity (Wildman–Crippen MR) is 39.4 cm³/mol. The lowest BCUT2D eigenvalue weighted by atomic mass is 10.3. The van der Waals surface area contributed by atoms with Gasteiger partial charge in [-0.05, 0) is 6.92 Å². The number of Topliss-reactive ketones (excluding diaryl/α,β-unsaturated/α-hetero) is 1. The van der Waals surface area contributed by atoms with Crippen molar-refractivity contribution < 1.29 is 9.90 Å². The van der Waals surface area contributed by atoms with Gasteiger partial charge in [-0.15, -0.1) is 0 Å². The van der Waals surface area contributed by atoms with Gasteiger partial charge in [0.05, 0.1) is 6.20 Å². The molecule has 0 fully saturated rings. The first-order valence-corrected chi connectivity index (χ1v) is 3.29. The van der Waals surface area contributed by atoms with Gasteiger partial charge in [0.1, 0.15) is 18.1 Å².